The van der Waals surface area contributed by atoms with Crippen LogP contribution in [0.5, 0.6) is 0 Å². The van der Waals surface area contributed by atoms with Crippen LogP contribution in [0.15, 0.2) is 36.5 Å². The fourth-order valence-corrected chi connectivity index (χ4v) is 4.68. The summed E-state index contributed by atoms with van der Waals surface area (Å²) in [5, 5.41) is 28.9. The minimum atomic E-state index is -1.26. The number of aromatic nitrogens is 3. The lowest BCUT2D eigenvalue weighted by Gasteiger charge is -2.25. The smallest absolute Gasteiger partial charge is 0.274 e. The molecule has 5 amide bonds. The van der Waals surface area contributed by atoms with Gasteiger partial charge in [-0.15, -0.1) is 5.10 Å². The molecule has 0 aliphatic carbocycles. The van der Waals surface area contributed by atoms with E-state index in [0.29, 0.717) is 19.3 Å². The van der Waals surface area contributed by atoms with Crippen molar-refractivity contribution in [3.05, 3.63) is 47.8 Å². The molecule has 0 fully saturated rings. The van der Waals surface area contributed by atoms with Crippen molar-refractivity contribution < 1.29 is 29.1 Å². The molecule has 0 bridgehead atoms. The van der Waals surface area contributed by atoms with Gasteiger partial charge in [-0.3, -0.25) is 24.0 Å². The molecule has 2 rings (SSSR count). The Labute approximate surface area is 269 Å². The van der Waals surface area contributed by atoms with Crippen molar-refractivity contribution >= 4 is 29.5 Å². The van der Waals surface area contributed by atoms with E-state index in [9.17, 15) is 29.1 Å². The van der Waals surface area contributed by atoms with E-state index in [1.165, 1.54) is 24.7 Å². The molecule has 1 heterocycles. The van der Waals surface area contributed by atoms with Crippen molar-refractivity contribution in [1.82, 2.24) is 36.3 Å². The highest BCUT2D eigenvalue weighted by Gasteiger charge is 2.30. The molecule has 0 saturated carbocycles. The molecule has 0 aliphatic heterocycles. The van der Waals surface area contributed by atoms with Crippen LogP contribution in [0.3, 0.4) is 0 Å². The molecule has 6 atom stereocenters. The van der Waals surface area contributed by atoms with Gasteiger partial charge in [0.25, 0.3) is 5.91 Å². The zero-order chi connectivity index (χ0) is 34.6. The highest BCUT2D eigenvalue weighted by molar-refractivity contribution is 5.97. The van der Waals surface area contributed by atoms with E-state index in [0.717, 1.165) is 5.56 Å². The van der Waals surface area contributed by atoms with Gasteiger partial charge in [-0.2, -0.15) is 0 Å². The van der Waals surface area contributed by atoms with Crippen molar-refractivity contribution in [3.8, 4) is 0 Å². The number of aliphatic hydroxyl groups excluding tert-OH is 1. The molecule has 15 heteroatoms. The zero-order valence-corrected chi connectivity index (χ0v) is 27.4. The minimum Gasteiger partial charge on any atom is -0.391 e. The minimum absolute atomic E-state index is 0.0366. The topological polar surface area (TPSA) is 236 Å². The number of nitrogens with one attached hydrogen (secondary N) is 4. The quantitative estimate of drug-likeness (QED) is 0.109. The van der Waals surface area contributed by atoms with Gasteiger partial charge >= 0.3 is 0 Å². The van der Waals surface area contributed by atoms with Crippen LogP contribution >= 0.6 is 0 Å². The highest BCUT2D eigenvalue weighted by Crippen LogP contribution is 2.11. The van der Waals surface area contributed by atoms with E-state index < -0.39 is 65.8 Å². The molecule has 15 nitrogen and oxygen atoms in total. The number of amides is 5. The fraction of sp³-hybridized carbons (Fsp3) is 0.581. The molecule has 2 aromatic rings. The summed E-state index contributed by atoms with van der Waals surface area (Å²) in [6.45, 7) is 10.5. The summed E-state index contributed by atoms with van der Waals surface area (Å²) in [7, 11) is 0. The second-order valence-corrected chi connectivity index (χ2v) is 12.5. The summed E-state index contributed by atoms with van der Waals surface area (Å²) >= 11 is 0. The van der Waals surface area contributed by atoms with Crippen LogP contribution < -0.4 is 32.7 Å². The van der Waals surface area contributed by atoms with Crippen molar-refractivity contribution in [2.75, 3.05) is 0 Å². The standard InChI is InChI=1S/C31H49N9O6/c1-17(2)12-23(27(33)42)35-29(44)24(13-18(3)4)36-30(45)25-16-40(39-38-25)15-22(14-21-10-8-7-9-11-21)34-31(46)26(20(6)41)37-28(43)19(5)32/h7-11,16-20,22-24,26,41H,12-15,32H2,1-6H3,(H2,33,42)(H,34,46)(H,35,44)(H,36,45)(H,37,43)/t19-,20+,22-,23-,24-,26-/m0/s1. The van der Waals surface area contributed by atoms with E-state index in [1.54, 1.807) is 0 Å². The summed E-state index contributed by atoms with van der Waals surface area (Å²) in [6, 6.07) is 4.76. The molecule has 0 unspecified atom stereocenters. The molecule has 9 N–H and O–H groups in total. The number of benzene rings is 1. The molecule has 1 aromatic carbocycles. The number of nitrogens with zero attached hydrogens (tertiary/aromatic N) is 3. The third kappa shape index (κ3) is 12.6. The Morgan fingerprint density at radius 2 is 1.43 bits per heavy atom. The van der Waals surface area contributed by atoms with Gasteiger partial charge in [0.1, 0.15) is 18.1 Å². The monoisotopic (exact) mass is 643 g/mol. The van der Waals surface area contributed by atoms with Crippen LogP contribution in [0.2, 0.25) is 0 Å². The maximum absolute atomic E-state index is 13.2. The summed E-state index contributed by atoms with van der Waals surface area (Å²) in [5.74, 6) is -2.93. The molecule has 0 radical (unpaired) electrons. The second-order valence-electron chi connectivity index (χ2n) is 12.5. The van der Waals surface area contributed by atoms with Crippen molar-refractivity contribution in [1.29, 1.82) is 0 Å². The van der Waals surface area contributed by atoms with E-state index in [4.69, 9.17) is 11.5 Å². The lowest BCUT2D eigenvalue weighted by atomic mass is 10.00. The first-order valence-corrected chi connectivity index (χ1v) is 15.5. The van der Waals surface area contributed by atoms with Gasteiger partial charge in [-0.05, 0) is 50.5 Å². The first kappa shape index (κ1) is 37.8. The third-order valence-electron chi connectivity index (χ3n) is 7.02. The first-order chi connectivity index (χ1) is 21.6. The molecule has 46 heavy (non-hydrogen) atoms. The number of aliphatic hydroxyl groups is 1. The molecular formula is C31H49N9O6. The Morgan fingerprint density at radius 3 is 1.98 bits per heavy atom. The fourth-order valence-electron chi connectivity index (χ4n) is 4.68. The Morgan fingerprint density at radius 1 is 0.826 bits per heavy atom. The number of nitrogens with two attached hydrogens (primary N) is 2. The van der Waals surface area contributed by atoms with Crippen molar-refractivity contribution in [2.24, 2.45) is 23.3 Å². The van der Waals surface area contributed by atoms with Crippen LogP contribution in [-0.2, 0) is 32.1 Å². The predicted octanol–water partition coefficient (Wildman–Crippen LogP) is -0.621. The van der Waals surface area contributed by atoms with Crippen LogP contribution in [0.1, 0.15) is 70.4 Å². The van der Waals surface area contributed by atoms with Gasteiger partial charge < -0.3 is 37.8 Å². The van der Waals surface area contributed by atoms with Crippen LogP contribution in [-0.4, -0.2) is 85.9 Å². The average molecular weight is 644 g/mol. The van der Waals surface area contributed by atoms with Gasteiger partial charge in [-0.1, -0.05) is 63.2 Å². The normalized spacial score (nSPS) is 15.3. The van der Waals surface area contributed by atoms with Crippen LogP contribution in [0, 0.1) is 11.8 Å². The predicted molar refractivity (Wildman–Crippen MR) is 171 cm³/mol. The van der Waals surface area contributed by atoms with Gasteiger partial charge in [0.05, 0.1) is 30.9 Å². The Balaban J connectivity index is 2.22. The summed E-state index contributed by atoms with van der Waals surface area (Å²) in [4.78, 5) is 63.6. The van der Waals surface area contributed by atoms with E-state index in [1.807, 2.05) is 58.0 Å². The molecule has 0 spiro atoms. The van der Waals surface area contributed by atoms with Crippen molar-refractivity contribution in [2.45, 2.75) is 104 Å². The van der Waals surface area contributed by atoms with Crippen molar-refractivity contribution in [3.63, 3.8) is 0 Å². The molecule has 1 aromatic heterocycles. The summed E-state index contributed by atoms with van der Waals surface area (Å²) in [5.41, 5.74) is 11.9. The lowest BCUT2D eigenvalue weighted by molar-refractivity contribution is -0.132. The molecule has 0 aliphatic rings. The molecule has 254 valence electrons. The highest BCUT2D eigenvalue weighted by atomic mass is 16.3. The number of hydrogen-bond acceptors (Lipinski definition) is 9. The zero-order valence-electron chi connectivity index (χ0n) is 27.4. The van der Waals surface area contributed by atoms with E-state index >= 15 is 0 Å². The molecular weight excluding hydrogens is 594 g/mol. The Bertz CT molecular complexity index is 1310. The number of carbonyl (C=O) groups is 5. The number of carbonyl (C=O) groups excluding carboxylic acids is 5. The number of hydrogen-bond donors (Lipinski definition) is 7. The maximum Gasteiger partial charge on any atom is 0.274 e. The third-order valence-corrected chi connectivity index (χ3v) is 7.02. The Hall–Kier alpha value is -4.37. The van der Waals surface area contributed by atoms with Gasteiger partial charge in [0, 0.05) is 0 Å². The van der Waals surface area contributed by atoms with Gasteiger partial charge in [0.15, 0.2) is 5.69 Å². The van der Waals surface area contributed by atoms with E-state index in [2.05, 4.69) is 31.6 Å². The Kier molecular flexibility index (Phi) is 14.8. The van der Waals surface area contributed by atoms with Crippen LogP contribution in [0.25, 0.3) is 0 Å². The first-order valence-electron chi connectivity index (χ1n) is 15.5. The van der Waals surface area contributed by atoms with Gasteiger partial charge in [0.2, 0.25) is 23.6 Å². The lowest BCUT2D eigenvalue weighted by Crippen LogP contribution is -2.57. The maximum atomic E-state index is 13.2. The van der Waals surface area contributed by atoms with E-state index in [-0.39, 0.29) is 24.1 Å². The summed E-state index contributed by atoms with van der Waals surface area (Å²) < 4.78 is 1.38. The van der Waals surface area contributed by atoms with Crippen LogP contribution in [0.4, 0.5) is 0 Å². The summed E-state index contributed by atoms with van der Waals surface area (Å²) in [6.07, 6.45) is 1.19. The second kappa shape index (κ2) is 17.9. The SMILES string of the molecule is CC(C)C[C@H](NC(=O)[C@H](CC(C)C)NC(=O)c1cn(C[C@H](Cc2ccccc2)NC(=O)[C@@H](NC(=O)[C@H](C)N)[C@@H](C)O)nn1)C(N)=O. The molecule has 0 saturated heterocycles. The van der Waals surface area contributed by atoms with Gasteiger partial charge in [-0.25, -0.2) is 4.68 Å². The number of rotatable bonds is 18. The number of primary amides is 1. The largest absolute Gasteiger partial charge is 0.391 e. The average Bonchev–Trinajstić information content (AvgIpc) is 3.43.